The Morgan fingerprint density at radius 3 is 2.36 bits per heavy atom. The fraction of sp³-hybridized carbons (Fsp3) is 0.800. The first-order chi connectivity index (χ1) is 5.25. The molecule has 0 radical (unpaired) electrons. The average molecular weight is 153 g/mol. The fourth-order valence-electron chi connectivity index (χ4n) is 2.07. The summed E-state index contributed by atoms with van der Waals surface area (Å²) in [4.78, 5) is 0. The Balaban J connectivity index is 2.34. The number of hydrogen-bond acceptors (Lipinski definition) is 1. The minimum absolute atomic E-state index is 0.730. The Morgan fingerprint density at radius 2 is 1.91 bits per heavy atom. The van der Waals surface area contributed by atoms with Crippen LogP contribution in [-0.4, -0.2) is 12.6 Å². The van der Waals surface area contributed by atoms with Crippen molar-refractivity contribution in [3.8, 4) is 0 Å². The molecule has 0 amide bonds. The number of rotatable bonds is 3. The molecule has 0 heterocycles. The highest BCUT2D eigenvalue weighted by molar-refractivity contribution is 4.87. The van der Waals surface area contributed by atoms with Crippen LogP contribution in [0, 0.1) is 11.8 Å². The van der Waals surface area contributed by atoms with Crippen molar-refractivity contribution < 1.29 is 0 Å². The Hall–Kier alpha value is -0.300. The molecule has 1 N–H and O–H groups in total. The lowest BCUT2D eigenvalue weighted by Crippen LogP contribution is -2.35. The number of nitrogens with one attached hydrogen (secondary N) is 1. The van der Waals surface area contributed by atoms with Gasteiger partial charge in [0.25, 0.3) is 0 Å². The van der Waals surface area contributed by atoms with Gasteiger partial charge in [0.15, 0.2) is 0 Å². The van der Waals surface area contributed by atoms with E-state index in [1.54, 1.807) is 0 Å². The SMILES string of the molecule is C=CCNC1C(C)CCC1C. The van der Waals surface area contributed by atoms with E-state index in [9.17, 15) is 0 Å². The van der Waals surface area contributed by atoms with Crippen molar-refractivity contribution in [1.29, 1.82) is 0 Å². The molecule has 0 bridgehead atoms. The lowest BCUT2D eigenvalue weighted by atomic mass is 10.0. The van der Waals surface area contributed by atoms with Crippen LogP contribution in [0.25, 0.3) is 0 Å². The van der Waals surface area contributed by atoms with E-state index in [1.165, 1.54) is 12.8 Å². The molecule has 1 saturated carbocycles. The molecule has 0 saturated heterocycles. The van der Waals surface area contributed by atoms with Gasteiger partial charge in [-0.3, -0.25) is 0 Å². The van der Waals surface area contributed by atoms with Crippen LogP contribution in [0.2, 0.25) is 0 Å². The highest BCUT2D eigenvalue weighted by Crippen LogP contribution is 2.30. The van der Waals surface area contributed by atoms with Crippen molar-refractivity contribution in [3.05, 3.63) is 12.7 Å². The summed E-state index contributed by atoms with van der Waals surface area (Å²) in [5.74, 6) is 1.70. The van der Waals surface area contributed by atoms with Crippen molar-refractivity contribution in [1.82, 2.24) is 5.32 Å². The van der Waals surface area contributed by atoms with E-state index < -0.39 is 0 Å². The van der Waals surface area contributed by atoms with Crippen molar-refractivity contribution in [2.45, 2.75) is 32.7 Å². The van der Waals surface area contributed by atoms with Gasteiger partial charge in [0.2, 0.25) is 0 Å². The normalized spacial score (nSPS) is 37.5. The summed E-state index contributed by atoms with van der Waals surface area (Å²) in [7, 11) is 0. The Morgan fingerprint density at radius 1 is 1.36 bits per heavy atom. The zero-order valence-electron chi connectivity index (χ0n) is 7.64. The number of hydrogen-bond donors (Lipinski definition) is 1. The van der Waals surface area contributed by atoms with Crippen LogP contribution in [0.15, 0.2) is 12.7 Å². The molecule has 0 aromatic rings. The van der Waals surface area contributed by atoms with Crippen LogP contribution < -0.4 is 5.32 Å². The summed E-state index contributed by atoms with van der Waals surface area (Å²) in [5, 5.41) is 3.51. The lowest BCUT2D eigenvalue weighted by Gasteiger charge is -2.20. The highest BCUT2D eigenvalue weighted by Gasteiger charge is 2.28. The van der Waals surface area contributed by atoms with Crippen LogP contribution in [0.1, 0.15) is 26.7 Å². The van der Waals surface area contributed by atoms with Crippen molar-refractivity contribution in [3.63, 3.8) is 0 Å². The summed E-state index contributed by atoms with van der Waals surface area (Å²) >= 11 is 0. The first-order valence-electron chi connectivity index (χ1n) is 4.60. The predicted octanol–water partition coefficient (Wildman–Crippen LogP) is 2.20. The third-order valence-corrected chi connectivity index (χ3v) is 2.80. The molecule has 0 aliphatic heterocycles. The summed E-state index contributed by atoms with van der Waals surface area (Å²) in [6.07, 6.45) is 4.71. The minimum atomic E-state index is 0.730. The van der Waals surface area contributed by atoms with Gasteiger partial charge in [0.1, 0.15) is 0 Å². The Bertz CT molecular complexity index is 121. The molecule has 2 atom stereocenters. The van der Waals surface area contributed by atoms with E-state index in [4.69, 9.17) is 0 Å². The van der Waals surface area contributed by atoms with Crippen molar-refractivity contribution in [2.75, 3.05) is 6.54 Å². The summed E-state index contributed by atoms with van der Waals surface area (Å²) < 4.78 is 0. The molecule has 64 valence electrons. The van der Waals surface area contributed by atoms with Gasteiger partial charge in [-0.1, -0.05) is 19.9 Å². The molecule has 1 heteroatoms. The Kier molecular flexibility index (Phi) is 3.13. The highest BCUT2D eigenvalue weighted by atomic mass is 14.9. The van der Waals surface area contributed by atoms with Crippen LogP contribution in [0.4, 0.5) is 0 Å². The molecule has 1 rings (SSSR count). The molecule has 1 aliphatic carbocycles. The maximum absolute atomic E-state index is 3.71. The zero-order chi connectivity index (χ0) is 8.27. The molecule has 0 aromatic carbocycles. The predicted molar refractivity (Wildman–Crippen MR) is 49.5 cm³/mol. The van der Waals surface area contributed by atoms with Gasteiger partial charge in [0, 0.05) is 12.6 Å². The van der Waals surface area contributed by atoms with Gasteiger partial charge in [-0.05, 0) is 24.7 Å². The maximum Gasteiger partial charge on any atom is 0.0135 e. The summed E-state index contributed by atoms with van der Waals surface area (Å²) in [6.45, 7) is 9.34. The van der Waals surface area contributed by atoms with E-state index in [1.807, 2.05) is 6.08 Å². The monoisotopic (exact) mass is 153 g/mol. The van der Waals surface area contributed by atoms with E-state index in [0.717, 1.165) is 24.4 Å². The molecule has 1 fully saturated rings. The van der Waals surface area contributed by atoms with Gasteiger partial charge >= 0.3 is 0 Å². The smallest absolute Gasteiger partial charge is 0.0135 e. The molecule has 2 unspecified atom stereocenters. The first kappa shape index (κ1) is 8.79. The van der Waals surface area contributed by atoms with Crippen molar-refractivity contribution >= 4 is 0 Å². The topological polar surface area (TPSA) is 12.0 Å². The Labute approximate surface area is 69.9 Å². The van der Waals surface area contributed by atoms with Gasteiger partial charge in [-0.25, -0.2) is 0 Å². The minimum Gasteiger partial charge on any atom is -0.310 e. The molecule has 1 aliphatic rings. The quantitative estimate of drug-likeness (QED) is 0.613. The maximum atomic E-state index is 3.71. The summed E-state index contributed by atoms with van der Waals surface area (Å²) in [6, 6.07) is 0.730. The second-order valence-electron chi connectivity index (χ2n) is 3.75. The molecule has 11 heavy (non-hydrogen) atoms. The first-order valence-corrected chi connectivity index (χ1v) is 4.60. The van der Waals surface area contributed by atoms with Crippen molar-refractivity contribution in [2.24, 2.45) is 11.8 Å². The molecule has 1 nitrogen and oxygen atoms in total. The van der Waals surface area contributed by atoms with Crippen LogP contribution in [-0.2, 0) is 0 Å². The van der Waals surface area contributed by atoms with Gasteiger partial charge < -0.3 is 5.32 Å². The van der Waals surface area contributed by atoms with Crippen LogP contribution in [0.5, 0.6) is 0 Å². The molecular formula is C10H19N. The van der Waals surface area contributed by atoms with Gasteiger partial charge in [-0.2, -0.15) is 0 Å². The zero-order valence-corrected chi connectivity index (χ0v) is 7.64. The van der Waals surface area contributed by atoms with Crippen LogP contribution >= 0.6 is 0 Å². The van der Waals surface area contributed by atoms with E-state index in [-0.39, 0.29) is 0 Å². The summed E-state index contributed by atoms with van der Waals surface area (Å²) in [5.41, 5.74) is 0. The standard InChI is InChI=1S/C10H19N/c1-4-7-11-10-8(2)5-6-9(10)3/h4,8-11H,1,5-7H2,2-3H3. The van der Waals surface area contributed by atoms with E-state index in [2.05, 4.69) is 25.7 Å². The second-order valence-corrected chi connectivity index (χ2v) is 3.75. The lowest BCUT2D eigenvalue weighted by molar-refractivity contribution is 0.381. The third kappa shape index (κ3) is 2.06. The largest absolute Gasteiger partial charge is 0.310 e. The third-order valence-electron chi connectivity index (χ3n) is 2.80. The molecular weight excluding hydrogens is 134 g/mol. The van der Waals surface area contributed by atoms with E-state index in [0.29, 0.717) is 0 Å². The van der Waals surface area contributed by atoms with Gasteiger partial charge in [-0.15, -0.1) is 6.58 Å². The van der Waals surface area contributed by atoms with Gasteiger partial charge in [0.05, 0.1) is 0 Å². The molecule has 0 aromatic heterocycles. The van der Waals surface area contributed by atoms with Crippen LogP contribution in [0.3, 0.4) is 0 Å². The second kappa shape index (κ2) is 3.91. The molecule has 0 spiro atoms. The fourth-order valence-corrected chi connectivity index (χ4v) is 2.07. The average Bonchev–Trinajstić information content (AvgIpc) is 2.29. The van der Waals surface area contributed by atoms with E-state index >= 15 is 0 Å².